The van der Waals surface area contributed by atoms with Crippen LogP contribution in [0.1, 0.15) is 233 Å². The summed E-state index contributed by atoms with van der Waals surface area (Å²) in [6, 6.07) is 0. The summed E-state index contributed by atoms with van der Waals surface area (Å²) in [6.45, 7) is 6.40. The van der Waals surface area contributed by atoms with Gasteiger partial charge in [0.1, 0.15) is 13.2 Å². The van der Waals surface area contributed by atoms with E-state index < -0.39 is 6.10 Å². The molecule has 364 valence electrons. The van der Waals surface area contributed by atoms with Crippen LogP contribution in [0.4, 0.5) is 0 Å². The number of unbranched alkanes of at least 4 members (excludes halogenated alkanes) is 25. The third-order valence-electron chi connectivity index (χ3n) is 11.0. The minimum Gasteiger partial charge on any atom is -0.462 e. The van der Waals surface area contributed by atoms with Crippen LogP contribution in [0.5, 0.6) is 0 Å². The number of carbonyl (C=O) groups excluding carboxylic acids is 3. The van der Waals surface area contributed by atoms with E-state index in [1.807, 2.05) is 54.7 Å². The molecular weight excluding hydrogens is 793 g/mol. The second-order valence-corrected chi connectivity index (χ2v) is 17.2. The molecule has 64 heavy (non-hydrogen) atoms. The molecule has 0 aromatic carbocycles. The highest BCUT2D eigenvalue weighted by Crippen LogP contribution is 2.15. The molecule has 0 spiro atoms. The maximum absolute atomic E-state index is 12.8. The molecule has 1 atom stereocenters. The number of esters is 3. The highest BCUT2D eigenvalue weighted by molar-refractivity contribution is 5.71. The molecule has 0 fully saturated rings. The van der Waals surface area contributed by atoms with E-state index in [4.69, 9.17) is 14.2 Å². The Morgan fingerprint density at radius 3 is 1.02 bits per heavy atom. The lowest BCUT2D eigenvalue weighted by Gasteiger charge is -2.18. The lowest BCUT2D eigenvalue weighted by Crippen LogP contribution is -2.30. The van der Waals surface area contributed by atoms with Gasteiger partial charge in [0.15, 0.2) is 6.10 Å². The predicted octanol–water partition coefficient (Wildman–Crippen LogP) is 17.4. The topological polar surface area (TPSA) is 78.9 Å². The molecule has 0 saturated carbocycles. The van der Waals surface area contributed by atoms with Gasteiger partial charge in [-0.25, -0.2) is 0 Å². The average molecular weight is 889 g/mol. The molecule has 0 N–H and O–H groups in total. The van der Waals surface area contributed by atoms with Gasteiger partial charge >= 0.3 is 17.9 Å². The second-order valence-electron chi connectivity index (χ2n) is 17.2. The summed E-state index contributed by atoms with van der Waals surface area (Å²) in [5.41, 5.74) is 0. The van der Waals surface area contributed by atoms with Crippen molar-refractivity contribution in [3.8, 4) is 0 Å². The first-order valence-corrected chi connectivity index (χ1v) is 26.3. The van der Waals surface area contributed by atoms with Gasteiger partial charge in [-0.1, -0.05) is 253 Å². The van der Waals surface area contributed by atoms with E-state index >= 15 is 0 Å². The van der Waals surface area contributed by atoms with Crippen LogP contribution in [0, 0.1) is 0 Å². The molecule has 0 aliphatic carbocycles. The van der Waals surface area contributed by atoms with Crippen LogP contribution in [0.15, 0.2) is 97.2 Å². The van der Waals surface area contributed by atoms with Gasteiger partial charge in [-0.05, 0) is 57.8 Å². The molecule has 0 radical (unpaired) electrons. The monoisotopic (exact) mass is 889 g/mol. The van der Waals surface area contributed by atoms with Crippen molar-refractivity contribution in [3.63, 3.8) is 0 Å². The van der Waals surface area contributed by atoms with E-state index in [0.29, 0.717) is 19.3 Å². The zero-order chi connectivity index (χ0) is 46.5. The van der Waals surface area contributed by atoms with Crippen LogP contribution >= 0.6 is 0 Å². The van der Waals surface area contributed by atoms with E-state index in [1.54, 1.807) is 0 Å². The summed E-state index contributed by atoms with van der Waals surface area (Å²) >= 11 is 0. The van der Waals surface area contributed by atoms with Crippen LogP contribution in [0.3, 0.4) is 0 Å². The first-order chi connectivity index (χ1) is 31.5. The van der Waals surface area contributed by atoms with Gasteiger partial charge in [0.05, 0.1) is 0 Å². The fraction of sp³-hybridized carbons (Fsp3) is 0.672. The quantitative estimate of drug-likeness (QED) is 0.0262. The summed E-state index contributed by atoms with van der Waals surface area (Å²) in [5, 5.41) is 0. The highest BCUT2D eigenvalue weighted by Gasteiger charge is 2.19. The molecule has 0 aliphatic heterocycles. The lowest BCUT2D eigenvalue weighted by atomic mass is 10.0. The highest BCUT2D eigenvalue weighted by atomic mass is 16.6. The zero-order valence-electron chi connectivity index (χ0n) is 41.5. The van der Waals surface area contributed by atoms with E-state index in [1.165, 1.54) is 109 Å². The van der Waals surface area contributed by atoms with Crippen molar-refractivity contribution in [3.05, 3.63) is 97.2 Å². The molecule has 0 aromatic heterocycles. The normalized spacial score (nSPS) is 12.9. The molecule has 6 nitrogen and oxygen atoms in total. The van der Waals surface area contributed by atoms with E-state index in [0.717, 1.165) is 77.0 Å². The molecule has 0 amide bonds. The molecule has 0 heterocycles. The molecule has 0 rings (SSSR count). The average Bonchev–Trinajstić information content (AvgIpc) is 3.29. The lowest BCUT2D eigenvalue weighted by molar-refractivity contribution is -0.167. The number of rotatable bonds is 46. The van der Waals surface area contributed by atoms with Crippen molar-refractivity contribution in [1.29, 1.82) is 0 Å². The Morgan fingerprint density at radius 2 is 0.625 bits per heavy atom. The SMILES string of the molecule is CC\C=C/C=C\C=C/C=C\C=C/CCCC(=O)OCC(COC(=O)CCCCCCC\C=C/C=C\C=C/CCCCCCC)OC(=O)CCCCCCCCCCCCCCCCC. The Bertz CT molecular complexity index is 1300. The third kappa shape index (κ3) is 49.3. The van der Waals surface area contributed by atoms with Gasteiger partial charge in [0, 0.05) is 19.3 Å². The maximum Gasteiger partial charge on any atom is 0.306 e. The van der Waals surface area contributed by atoms with Gasteiger partial charge in [0.25, 0.3) is 0 Å². The third-order valence-corrected chi connectivity index (χ3v) is 11.0. The zero-order valence-corrected chi connectivity index (χ0v) is 41.5. The number of hydrogen-bond acceptors (Lipinski definition) is 6. The fourth-order valence-corrected chi connectivity index (χ4v) is 7.06. The molecule has 0 saturated heterocycles. The minimum absolute atomic E-state index is 0.110. The second kappa shape index (κ2) is 52.0. The van der Waals surface area contributed by atoms with E-state index in [2.05, 4.69) is 63.3 Å². The molecule has 6 heteroatoms. The van der Waals surface area contributed by atoms with Crippen molar-refractivity contribution < 1.29 is 28.6 Å². The van der Waals surface area contributed by atoms with Crippen molar-refractivity contribution >= 4 is 17.9 Å². The number of hydrogen-bond donors (Lipinski definition) is 0. The Kier molecular flexibility index (Phi) is 49.0. The molecule has 1 unspecified atom stereocenters. The smallest absolute Gasteiger partial charge is 0.306 e. The Labute approximate surface area is 394 Å². The molecule has 0 aromatic rings. The van der Waals surface area contributed by atoms with Gasteiger partial charge in [0.2, 0.25) is 0 Å². The number of ether oxygens (including phenoxy) is 3. The summed E-state index contributed by atoms with van der Waals surface area (Å²) in [4.78, 5) is 38.0. The van der Waals surface area contributed by atoms with E-state index in [-0.39, 0.29) is 37.5 Å². The van der Waals surface area contributed by atoms with Crippen molar-refractivity contribution in [2.45, 2.75) is 239 Å². The van der Waals surface area contributed by atoms with Crippen molar-refractivity contribution in [1.82, 2.24) is 0 Å². The summed E-state index contributed by atoms with van der Waals surface area (Å²) < 4.78 is 16.7. The van der Waals surface area contributed by atoms with Gasteiger partial charge in [-0.3, -0.25) is 14.4 Å². The van der Waals surface area contributed by atoms with E-state index in [9.17, 15) is 14.4 Å². The van der Waals surface area contributed by atoms with Crippen molar-refractivity contribution in [2.75, 3.05) is 13.2 Å². The maximum atomic E-state index is 12.8. The van der Waals surface area contributed by atoms with Gasteiger partial charge in [-0.15, -0.1) is 0 Å². The fourth-order valence-electron chi connectivity index (χ4n) is 7.06. The van der Waals surface area contributed by atoms with Crippen LogP contribution in [-0.2, 0) is 28.6 Å². The Balaban J connectivity index is 4.50. The molecule has 0 bridgehead atoms. The van der Waals surface area contributed by atoms with Crippen molar-refractivity contribution in [2.24, 2.45) is 0 Å². The summed E-state index contributed by atoms with van der Waals surface area (Å²) in [7, 11) is 0. The van der Waals surface area contributed by atoms with Crippen LogP contribution < -0.4 is 0 Å². The Hall–Kier alpha value is -3.67. The molecular formula is C58H96O6. The van der Waals surface area contributed by atoms with Gasteiger partial charge in [-0.2, -0.15) is 0 Å². The van der Waals surface area contributed by atoms with Crippen LogP contribution in [0.2, 0.25) is 0 Å². The molecule has 0 aliphatic rings. The predicted molar refractivity (Wildman–Crippen MR) is 274 cm³/mol. The largest absolute Gasteiger partial charge is 0.462 e. The Morgan fingerprint density at radius 1 is 0.328 bits per heavy atom. The number of allylic oxidation sites excluding steroid dienone is 16. The first-order valence-electron chi connectivity index (χ1n) is 26.3. The van der Waals surface area contributed by atoms with Gasteiger partial charge < -0.3 is 14.2 Å². The summed E-state index contributed by atoms with van der Waals surface area (Å²) in [6.07, 6.45) is 68.2. The van der Waals surface area contributed by atoms with Crippen LogP contribution in [0.25, 0.3) is 0 Å². The van der Waals surface area contributed by atoms with Crippen LogP contribution in [-0.4, -0.2) is 37.2 Å². The number of carbonyl (C=O) groups is 3. The minimum atomic E-state index is -0.813. The summed E-state index contributed by atoms with van der Waals surface area (Å²) in [5.74, 6) is -1.00. The first kappa shape index (κ1) is 60.3. The standard InChI is InChI=1S/C58H96O6/c1-4-7-10-13-16-19-22-25-27-28-29-31-33-36-39-42-45-48-51-57(60)63-54-55(53-62-56(59)50-47-44-41-38-35-32-24-21-18-15-12-9-6-3)64-58(61)52-49-46-43-40-37-34-30-26-23-20-17-14-11-8-5-2/h9,12,15,18,21-22,24-25,27-29,31-32,35,38,41,55H,4-8,10-11,13-14,16-17,19-20,23,26,30,33-34,36-37,39-40,42-54H2,1-3H3/b12-9-,18-15-,24-21-,25-22-,28-27-,31-29-,35-32-,41-38-.